The predicted molar refractivity (Wildman–Crippen MR) is 77.0 cm³/mol. The Morgan fingerprint density at radius 3 is 2.24 bits per heavy atom. The maximum Gasteiger partial charge on any atom is 0.239 e. The minimum Gasteiger partial charge on any atom is -0.355 e. The van der Waals surface area contributed by atoms with Gasteiger partial charge in [0.05, 0.1) is 0 Å². The van der Waals surface area contributed by atoms with E-state index < -0.39 is 39.0 Å². The van der Waals surface area contributed by atoms with Gasteiger partial charge in [-0.3, -0.25) is 9.59 Å². The highest BCUT2D eigenvalue weighted by Crippen LogP contribution is 2.08. The van der Waals surface area contributed by atoms with Crippen molar-refractivity contribution in [3.63, 3.8) is 0 Å². The van der Waals surface area contributed by atoms with Crippen molar-refractivity contribution in [3.05, 3.63) is 30.1 Å². The van der Waals surface area contributed by atoms with Crippen LogP contribution >= 0.6 is 0 Å². The van der Waals surface area contributed by atoms with Crippen LogP contribution in [0, 0.1) is 5.82 Å². The van der Waals surface area contributed by atoms with Crippen LogP contribution in [0.5, 0.6) is 0 Å². The molecule has 0 aliphatic carbocycles. The molecular formula is C13H17FN2O4S. The Hall–Kier alpha value is -1.96. The van der Waals surface area contributed by atoms with Crippen LogP contribution in [-0.2, 0) is 19.4 Å². The van der Waals surface area contributed by atoms with Crippen molar-refractivity contribution in [2.24, 2.45) is 0 Å². The molecule has 6 nitrogen and oxygen atoms in total. The van der Waals surface area contributed by atoms with Gasteiger partial charge in [0, 0.05) is 12.2 Å². The number of nitrogens with one attached hydrogen (secondary N) is 2. The average molecular weight is 316 g/mol. The highest BCUT2D eigenvalue weighted by Gasteiger charge is 2.20. The van der Waals surface area contributed by atoms with Crippen LogP contribution < -0.4 is 10.6 Å². The van der Waals surface area contributed by atoms with E-state index in [0.29, 0.717) is 13.0 Å². The maximum absolute atomic E-state index is 12.7. The smallest absolute Gasteiger partial charge is 0.239 e. The Balaban J connectivity index is 2.52. The third kappa shape index (κ3) is 6.84. The summed E-state index contributed by atoms with van der Waals surface area (Å²) >= 11 is 0. The minimum atomic E-state index is -3.84. The van der Waals surface area contributed by atoms with Crippen molar-refractivity contribution < 1.29 is 22.4 Å². The zero-order chi connectivity index (χ0) is 15.9. The molecule has 0 spiro atoms. The molecule has 8 heteroatoms. The largest absolute Gasteiger partial charge is 0.355 e. The molecule has 1 rings (SSSR count). The molecule has 0 saturated carbocycles. The van der Waals surface area contributed by atoms with Crippen molar-refractivity contribution in [3.8, 4) is 0 Å². The van der Waals surface area contributed by atoms with Crippen molar-refractivity contribution in [1.82, 2.24) is 5.32 Å². The van der Waals surface area contributed by atoms with E-state index in [9.17, 15) is 22.4 Å². The van der Waals surface area contributed by atoms with E-state index in [2.05, 4.69) is 10.6 Å². The van der Waals surface area contributed by atoms with E-state index in [1.807, 2.05) is 6.92 Å². The summed E-state index contributed by atoms with van der Waals surface area (Å²) in [6, 6.07) is 4.91. The molecule has 21 heavy (non-hydrogen) atoms. The monoisotopic (exact) mass is 316 g/mol. The summed E-state index contributed by atoms with van der Waals surface area (Å²) in [6.45, 7) is 2.22. The lowest BCUT2D eigenvalue weighted by molar-refractivity contribution is -0.118. The van der Waals surface area contributed by atoms with Crippen LogP contribution in [0.4, 0.5) is 10.1 Å². The van der Waals surface area contributed by atoms with Crippen molar-refractivity contribution in [2.45, 2.75) is 13.3 Å². The van der Waals surface area contributed by atoms with Gasteiger partial charge < -0.3 is 10.6 Å². The highest BCUT2D eigenvalue weighted by molar-refractivity contribution is 7.92. The van der Waals surface area contributed by atoms with Crippen LogP contribution in [0.3, 0.4) is 0 Å². The van der Waals surface area contributed by atoms with Gasteiger partial charge >= 0.3 is 0 Å². The number of hydrogen-bond acceptors (Lipinski definition) is 4. The van der Waals surface area contributed by atoms with Crippen LogP contribution in [-0.4, -0.2) is 38.3 Å². The van der Waals surface area contributed by atoms with E-state index in [1.165, 1.54) is 12.1 Å². The molecule has 2 amide bonds. The Bertz CT molecular complexity index is 599. The first-order chi connectivity index (χ1) is 9.82. The molecule has 0 saturated heterocycles. The van der Waals surface area contributed by atoms with Gasteiger partial charge in [-0.15, -0.1) is 0 Å². The zero-order valence-electron chi connectivity index (χ0n) is 11.6. The lowest BCUT2D eigenvalue weighted by Crippen LogP contribution is -2.34. The van der Waals surface area contributed by atoms with Gasteiger partial charge in [-0.05, 0) is 30.7 Å². The molecule has 0 bridgehead atoms. The zero-order valence-corrected chi connectivity index (χ0v) is 12.4. The van der Waals surface area contributed by atoms with E-state index >= 15 is 0 Å². The number of sulfone groups is 1. The van der Waals surface area contributed by atoms with E-state index in [1.54, 1.807) is 0 Å². The minimum absolute atomic E-state index is 0.284. The normalized spacial score (nSPS) is 11.0. The van der Waals surface area contributed by atoms with E-state index in [0.717, 1.165) is 12.1 Å². The Kier molecular flexibility index (Phi) is 6.29. The number of rotatable bonds is 7. The van der Waals surface area contributed by atoms with Gasteiger partial charge in [0.2, 0.25) is 11.8 Å². The first kappa shape index (κ1) is 17.1. The molecule has 0 aromatic heterocycles. The van der Waals surface area contributed by atoms with E-state index in [-0.39, 0.29) is 5.69 Å². The molecule has 0 aliphatic rings. The molecule has 2 N–H and O–H groups in total. The van der Waals surface area contributed by atoms with Gasteiger partial charge in [-0.25, -0.2) is 12.8 Å². The number of carbonyl (C=O) groups excluding carboxylic acids is 2. The standard InChI is InChI=1S/C13H17FN2O4S/c1-2-7-15-12(17)8-21(19,20)9-13(18)16-11-5-3-10(14)4-6-11/h3-6H,2,7-9H2,1H3,(H,15,17)(H,16,18). The maximum atomic E-state index is 12.7. The molecule has 116 valence electrons. The summed E-state index contributed by atoms with van der Waals surface area (Å²) in [5.41, 5.74) is 0.284. The van der Waals surface area contributed by atoms with Gasteiger partial charge in [-0.2, -0.15) is 0 Å². The second-order valence-corrected chi connectivity index (χ2v) is 6.50. The Labute approximate surface area is 122 Å². The van der Waals surface area contributed by atoms with Crippen molar-refractivity contribution >= 4 is 27.3 Å². The van der Waals surface area contributed by atoms with Gasteiger partial charge in [0.25, 0.3) is 0 Å². The third-order valence-electron chi connectivity index (χ3n) is 2.40. The summed E-state index contributed by atoms with van der Waals surface area (Å²) in [4.78, 5) is 22.9. The lowest BCUT2D eigenvalue weighted by atomic mass is 10.3. The van der Waals surface area contributed by atoms with Crippen molar-refractivity contribution in [2.75, 3.05) is 23.4 Å². The van der Waals surface area contributed by atoms with Gasteiger partial charge in [0.15, 0.2) is 9.84 Å². The summed E-state index contributed by atoms with van der Waals surface area (Å²) in [5, 5.41) is 4.75. The van der Waals surface area contributed by atoms with Crippen molar-refractivity contribution in [1.29, 1.82) is 0 Å². The lowest BCUT2D eigenvalue weighted by Gasteiger charge is -2.07. The van der Waals surface area contributed by atoms with Crippen LogP contribution in [0.15, 0.2) is 24.3 Å². The number of hydrogen-bond donors (Lipinski definition) is 2. The second-order valence-electron chi connectivity index (χ2n) is 4.44. The third-order valence-corrected chi connectivity index (χ3v) is 3.81. The van der Waals surface area contributed by atoms with Crippen LogP contribution in [0.1, 0.15) is 13.3 Å². The fraction of sp³-hybridized carbons (Fsp3) is 0.385. The number of carbonyl (C=O) groups is 2. The number of anilines is 1. The Morgan fingerprint density at radius 1 is 1.10 bits per heavy atom. The molecule has 0 heterocycles. The fourth-order valence-corrected chi connectivity index (χ4v) is 2.57. The second kappa shape index (κ2) is 7.72. The van der Waals surface area contributed by atoms with Gasteiger partial charge in [0.1, 0.15) is 17.3 Å². The summed E-state index contributed by atoms with van der Waals surface area (Å²) in [5.74, 6) is -3.40. The molecule has 1 aromatic rings. The highest BCUT2D eigenvalue weighted by atomic mass is 32.2. The molecule has 0 radical (unpaired) electrons. The number of benzene rings is 1. The summed E-state index contributed by atoms with van der Waals surface area (Å²) in [6.07, 6.45) is 0.691. The molecule has 0 aliphatic heterocycles. The molecule has 1 aromatic carbocycles. The van der Waals surface area contributed by atoms with Crippen LogP contribution in [0.25, 0.3) is 0 Å². The van der Waals surface area contributed by atoms with E-state index in [4.69, 9.17) is 0 Å². The molecule has 0 fully saturated rings. The molecule has 0 unspecified atom stereocenters. The average Bonchev–Trinajstić information content (AvgIpc) is 2.37. The number of amides is 2. The first-order valence-corrected chi connectivity index (χ1v) is 8.17. The summed E-state index contributed by atoms with van der Waals surface area (Å²) in [7, 11) is -3.84. The first-order valence-electron chi connectivity index (χ1n) is 6.35. The topological polar surface area (TPSA) is 92.3 Å². The quantitative estimate of drug-likeness (QED) is 0.775. The summed E-state index contributed by atoms with van der Waals surface area (Å²) < 4.78 is 36.0. The SMILES string of the molecule is CCCNC(=O)CS(=O)(=O)CC(=O)Nc1ccc(F)cc1. The van der Waals surface area contributed by atoms with Crippen LogP contribution in [0.2, 0.25) is 0 Å². The fourth-order valence-electron chi connectivity index (χ4n) is 1.50. The number of halogens is 1. The molecule has 0 atom stereocenters. The van der Waals surface area contributed by atoms with Gasteiger partial charge in [-0.1, -0.05) is 6.92 Å². The molecular weight excluding hydrogens is 299 g/mol. The Morgan fingerprint density at radius 2 is 1.67 bits per heavy atom. The predicted octanol–water partition coefficient (Wildman–Crippen LogP) is 0.705.